The molecule has 0 radical (unpaired) electrons. The Morgan fingerprint density at radius 2 is 1.86 bits per heavy atom. The zero-order chi connectivity index (χ0) is 20.4. The second kappa shape index (κ2) is 7.85. The smallest absolute Gasteiger partial charge is 0.340 e. The molecule has 0 spiro atoms. The molecule has 2 aromatic heterocycles. The van der Waals surface area contributed by atoms with Crippen LogP contribution in [0.3, 0.4) is 0 Å². The second-order valence-corrected chi connectivity index (χ2v) is 6.88. The van der Waals surface area contributed by atoms with Crippen molar-refractivity contribution in [3.8, 4) is 11.3 Å². The van der Waals surface area contributed by atoms with Crippen molar-refractivity contribution in [3.63, 3.8) is 0 Å². The maximum atomic E-state index is 12.5. The van der Waals surface area contributed by atoms with Gasteiger partial charge in [-0.3, -0.25) is 9.78 Å². The zero-order valence-corrected chi connectivity index (χ0v) is 16.2. The number of nitrogens with zero attached hydrogens (tertiary/aromatic N) is 2. The number of pyridine rings is 1. The minimum atomic E-state index is -0.538. The van der Waals surface area contributed by atoms with Gasteiger partial charge in [0.05, 0.1) is 27.9 Å². The summed E-state index contributed by atoms with van der Waals surface area (Å²) in [5, 5.41) is 0.889. The van der Waals surface area contributed by atoms with Gasteiger partial charge in [0.15, 0.2) is 0 Å². The molecule has 0 aliphatic heterocycles. The van der Waals surface area contributed by atoms with Crippen molar-refractivity contribution < 1.29 is 9.53 Å². The summed E-state index contributed by atoms with van der Waals surface area (Å²) >= 11 is 5.96. The first-order chi connectivity index (χ1) is 14.0. The number of nitrogens with one attached hydrogen (secondary N) is 1. The molecule has 7 heteroatoms. The lowest BCUT2D eigenvalue weighted by Crippen LogP contribution is -2.15. The molecule has 2 aromatic carbocycles. The van der Waals surface area contributed by atoms with Crippen LogP contribution in [0.5, 0.6) is 0 Å². The van der Waals surface area contributed by atoms with E-state index in [1.807, 2.05) is 30.3 Å². The lowest BCUT2D eigenvalue weighted by atomic mass is 10.1. The maximum absolute atomic E-state index is 12.5. The summed E-state index contributed by atoms with van der Waals surface area (Å²) in [4.78, 5) is 36.1. The van der Waals surface area contributed by atoms with E-state index in [1.54, 1.807) is 37.3 Å². The number of hydrogen-bond donors (Lipinski definition) is 1. The summed E-state index contributed by atoms with van der Waals surface area (Å²) in [6.07, 6.45) is 0. The Morgan fingerprint density at radius 3 is 2.62 bits per heavy atom. The van der Waals surface area contributed by atoms with Crippen LogP contribution in [0.4, 0.5) is 0 Å². The predicted molar refractivity (Wildman–Crippen MR) is 111 cm³/mol. The number of halogens is 1. The molecule has 0 atom stereocenters. The summed E-state index contributed by atoms with van der Waals surface area (Å²) in [6, 6.07) is 18.0. The molecule has 2 heterocycles. The molecular weight excluding hydrogens is 390 g/mol. The molecule has 0 unspecified atom stereocenters. The number of benzene rings is 2. The van der Waals surface area contributed by atoms with Crippen LogP contribution in [0.25, 0.3) is 22.2 Å². The third-order valence-electron chi connectivity index (χ3n) is 4.43. The van der Waals surface area contributed by atoms with Crippen LogP contribution in [0.2, 0.25) is 5.02 Å². The molecule has 4 rings (SSSR count). The molecule has 0 aliphatic rings. The minimum Gasteiger partial charge on any atom is -0.454 e. The van der Waals surface area contributed by atoms with Gasteiger partial charge < -0.3 is 9.72 Å². The predicted octanol–water partition coefficient (Wildman–Crippen LogP) is 4.30. The Labute approximate surface area is 171 Å². The highest BCUT2D eigenvalue weighted by Gasteiger charge is 2.14. The average Bonchev–Trinajstić information content (AvgIpc) is 2.72. The topological polar surface area (TPSA) is 84.9 Å². The van der Waals surface area contributed by atoms with E-state index < -0.39 is 5.97 Å². The summed E-state index contributed by atoms with van der Waals surface area (Å²) < 4.78 is 5.33. The van der Waals surface area contributed by atoms with Crippen LogP contribution in [-0.4, -0.2) is 20.9 Å². The highest BCUT2D eigenvalue weighted by molar-refractivity contribution is 6.31. The fourth-order valence-electron chi connectivity index (χ4n) is 2.99. The van der Waals surface area contributed by atoms with E-state index in [0.29, 0.717) is 27.2 Å². The van der Waals surface area contributed by atoms with Crippen molar-refractivity contribution in [2.24, 2.45) is 0 Å². The molecule has 29 heavy (non-hydrogen) atoms. The van der Waals surface area contributed by atoms with E-state index in [2.05, 4.69) is 15.0 Å². The SMILES string of the molecule is Cc1nc(-c2ccccc2)ccc1C(=O)OCc1nc2cc(Cl)ccc2c(=O)[nH]1. The van der Waals surface area contributed by atoms with E-state index in [-0.39, 0.29) is 18.0 Å². The number of ether oxygens (including phenoxy) is 1. The number of rotatable bonds is 4. The number of esters is 1. The number of aryl methyl sites for hydroxylation is 1. The lowest BCUT2D eigenvalue weighted by molar-refractivity contribution is 0.0461. The number of fused-ring (bicyclic) bond motifs is 1. The minimum absolute atomic E-state index is 0.170. The molecule has 0 bridgehead atoms. The molecule has 4 aromatic rings. The number of carbonyl (C=O) groups excluding carboxylic acids is 1. The zero-order valence-electron chi connectivity index (χ0n) is 15.5. The van der Waals surface area contributed by atoms with Gasteiger partial charge in [-0.25, -0.2) is 9.78 Å². The molecule has 0 aliphatic carbocycles. The molecule has 144 valence electrons. The van der Waals surface area contributed by atoms with Gasteiger partial charge in [0.1, 0.15) is 12.4 Å². The highest BCUT2D eigenvalue weighted by atomic mass is 35.5. The molecule has 0 fully saturated rings. The normalized spacial score (nSPS) is 10.8. The molecule has 6 nitrogen and oxygen atoms in total. The van der Waals surface area contributed by atoms with Crippen LogP contribution in [0.1, 0.15) is 21.9 Å². The Morgan fingerprint density at radius 1 is 1.07 bits per heavy atom. The van der Waals surface area contributed by atoms with Crippen molar-refractivity contribution in [2.75, 3.05) is 0 Å². The van der Waals surface area contributed by atoms with Gasteiger partial charge in [-0.15, -0.1) is 0 Å². The standard InChI is InChI=1S/C22H16ClN3O3/c1-13-16(9-10-18(24-13)14-5-3-2-4-6-14)22(28)29-12-20-25-19-11-15(23)7-8-17(19)21(27)26-20/h2-11H,12H2,1H3,(H,25,26,27). The van der Waals surface area contributed by atoms with Gasteiger partial charge in [-0.2, -0.15) is 0 Å². The van der Waals surface area contributed by atoms with Gasteiger partial charge in [0.2, 0.25) is 0 Å². The number of aromatic nitrogens is 3. The van der Waals surface area contributed by atoms with Crippen molar-refractivity contribution in [1.82, 2.24) is 15.0 Å². The number of aromatic amines is 1. The number of H-pyrrole nitrogens is 1. The van der Waals surface area contributed by atoms with E-state index in [9.17, 15) is 9.59 Å². The van der Waals surface area contributed by atoms with Gasteiger partial charge in [-0.05, 0) is 37.3 Å². The molecule has 0 saturated carbocycles. The van der Waals surface area contributed by atoms with Crippen LogP contribution in [0, 0.1) is 6.92 Å². The molecule has 0 saturated heterocycles. The van der Waals surface area contributed by atoms with Crippen LogP contribution in [0.15, 0.2) is 65.5 Å². The quantitative estimate of drug-likeness (QED) is 0.511. The first kappa shape index (κ1) is 18.8. The highest BCUT2D eigenvalue weighted by Crippen LogP contribution is 2.19. The van der Waals surface area contributed by atoms with Gasteiger partial charge in [0.25, 0.3) is 5.56 Å². The van der Waals surface area contributed by atoms with Gasteiger partial charge in [-0.1, -0.05) is 41.9 Å². The first-order valence-electron chi connectivity index (χ1n) is 8.90. The Bertz CT molecular complexity index is 1270. The van der Waals surface area contributed by atoms with E-state index >= 15 is 0 Å². The summed E-state index contributed by atoms with van der Waals surface area (Å²) in [7, 11) is 0. The number of hydrogen-bond acceptors (Lipinski definition) is 5. The van der Waals surface area contributed by atoms with Crippen molar-refractivity contribution >= 4 is 28.5 Å². The third-order valence-corrected chi connectivity index (χ3v) is 4.67. The summed E-state index contributed by atoms with van der Waals surface area (Å²) in [5.74, 6) is -0.298. The fourth-order valence-corrected chi connectivity index (χ4v) is 3.15. The van der Waals surface area contributed by atoms with Crippen LogP contribution >= 0.6 is 11.6 Å². The monoisotopic (exact) mass is 405 g/mol. The number of carbonyl (C=O) groups is 1. The summed E-state index contributed by atoms with van der Waals surface area (Å²) in [6.45, 7) is 1.58. The van der Waals surface area contributed by atoms with Crippen LogP contribution < -0.4 is 5.56 Å². The van der Waals surface area contributed by atoms with Gasteiger partial charge in [0, 0.05) is 10.6 Å². The summed E-state index contributed by atoms with van der Waals surface area (Å²) in [5.41, 5.74) is 2.78. The van der Waals surface area contributed by atoms with Crippen molar-refractivity contribution in [3.05, 3.63) is 93.1 Å². The Balaban J connectivity index is 1.53. The maximum Gasteiger partial charge on any atom is 0.340 e. The van der Waals surface area contributed by atoms with Crippen LogP contribution in [-0.2, 0) is 11.3 Å². The second-order valence-electron chi connectivity index (χ2n) is 6.45. The first-order valence-corrected chi connectivity index (χ1v) is 9.28. The molecule has 0 amide bonds. The largest absolute Gasteiger partial charge is 0.454 e. The molecule has 1 N–H and O–H groups in total. The molecular formula is C22H16ClN3O3. The van der Waals surface area contributed by atoms with Crippen molar-refractivity contribution in [1.29, 1.82) is 0 Å². The van der Waals surface area contributed by atoms with E-state index in [4.69, 9.17) is 16.3 Å². The Hall–Kier alpha value is -3.51. The van der Waals surface area contributed by atoms with E-state index in [1.165, 1.54) is 0 Å². The average molecular weight is 406 g/mol. The van der Waals surface area contributed by atoms with Gasteiger partial charge >= 0.3 is 5.97 Å². The third kappa shape index (κ3) is 4.02. The lowest BCUT2D eigenvalue weighted by Gasteiger charge is -2.09. The van der Waals surface area contributed by atoms with E-state index in [0.717, 1.165) is 11.3 Å². The van der Waals surface area contributed by atoms with Crippen molar-refractivity contribution in [2.45, 2.75) is 13.5 Å². The Kier molecular flexibility index (Phi) is 5.10. The fraction of sp³-hybridized carbons (Fsp3) is 0.0909.